The Hall–Kier alpha value is -2.71. The van der Waals surface area contributed by atoms with Crippen LogP contribution in [-0.2, 0) is 22.5 Å². The van der Waals surface area contributed by atoms with Crippen LogP contribution in [0.15, 0.2) is 29.5 Å². The molecular weight excluding hydrogens is 404 g/mol. The quantitative estimate of drug-likeness (QED) is 0.489. The van der Waals surface area contributed by atoms with Gasteiger partial charge in [0.1, 0.15) is 24.3 Å². The molecule has 156 valence electrons. The smallest absolute Gasteiger partial charge is 0.237 e. The van der Waals surface area contributed by atoms with E-state index in [1.165, 1.54) is 0 Å². The summed E-state index contributed by atoms with van der Waals surface area (Å²) in [4.78, 5) is 9.50. The number of fused-ring (bicyclic) bond motifs is 5. The SMILES string of the molecule is COCc1nnn2c1Cc1c(C3=N[C@H](CC(C)C)CO3)ncn1-c1ccc(Cl)cc1-2. The van der Waals surface area contributed by atoms with Crippen LogP contribution >= 0.6 is 11.6 Å². The van der Waals surface area contributed by atoms with Gasteiger partial charge >= 0.3 is 0 Å². The van der Waals surface area contributed by atoms with Crippen LogP contribution in [0.4, 0.5) is 0 Å². The number of aliphatic imine (C=N–C) groups is 1. The van der Waals surface area contributed by atoms with Crippen LogP contribution < -0.4 is 0 Å². The zero-order valence-electron chi connectivity index (χ0n) is 17.2. The lowest BCUT2D eigenvalue weighted by Gasteiger charge is -2.10. The summed E-state index contributed by atoms with van der Waals surface area (Å²) in [6, 6.07) is 5.90. The monoisotopic (exact) mass is 426 g/mol. The summed E-state index contributed by atoms with van der Waals surface area (Å²) in [5.74, 6) is 1.17. The number of imidazole rings is 1. The predicted molar refractivity (Wildman–Crippen MR) is 113 cm³/mol. The molecule has 4 heterocycles. The maximum atomic E-state index is 6.31. The molecule has 0 fully saturated rings. The Morgan fingerprint density at radius 1 is 1.27 bits per heavy atom. The normalized spacial score (nSPS) is 17.2. The summed E-state index contributed by atoms with van der Waals surface area (Å²) >= 11 is 6.31. The summed E-state index contributed by atoms with van der Waals surface area (Å²) in [6.45, 7) is 5.37. The average molecular weight is 427 g/mol. The van der Waals surface area contributed by atoms with Crippen LogP contribution in [0, 0.1) is 5.92 Å². The van der Waals surface area contributed by atoms with Crippen molar-refractivity contribution in [1.29, 1.82) is 0 Å². The highest BCUT2D eigenvalue weighted by atomic mass is 35.5. The molecule has 0 N–H and O–H groups in total. The molecule has 0 bridgehead atoms. The largest absolute Gasteiger partial charge is 0.474 e. The second-order valence-electron chi connectivity index (χ2n) is 8.08. The highest BCUT2D eigenvalue weighted by Gasteiger charge is 2.30. The van der Waals surface area contributed by atoms with Gasteiger partial charge in [-0.3, -0.25) is 4.57 Å². The fourth-order valence-corrected chi connectivity index (χ4v) is 4.29. The number of aromatic nitrogens is 5. The summed E-state index contributed by atoms with van der Waals surface area (Å²) in [6.07, 6.45) is 3.38. The molecule has 0 saturated carbocycles. The molecule has 5 rings (SSSR count). The first-order chi connectivity index (χ1) is 14.5. The number of benzene rings is 1. The molecule has 2 aliphatic heterocycles. The third-order valence-electron chi connectivity index (χ3n) is 5.41. The number of rotatable bonds is 5. The van der Waals surface area contributed by atoms with E-state index in [1.807, 2.05) is 29.2 Å². The minimum absolute atomic E-state index is 0.172. The zero-order chi connectivity index (χ0) is 20.8. The van der Waals surface area contributed by atoms with E-state index in [2.05, 4.69) is 33.7 Å². The van der Waals surface area contributed by atoms with Gasteiger partial charge in [-0.2, -0.15) is 0 Å². The van der Waals surface area contributed by atoms with Gasteiger partial charge < -0.3 is 9.47 Å². The first-order valence-electron chi connectivity index (χ1n) is 10.0. The Labute approximate surface area is 179 Å². The van der Waals surface area contributed by atoms with Crippen molar-refractivity contribution in [2.75, 3.05) is 13.7 Å². The molecule has 2 aromatic heterocycles. The van der Waals surface area contributed by atoms with Gasteiger partial charge in [-0.1, -0.05) is 30.7 Å². The van der Waals surface area contributed by atoms with E-state index >= 15 is 0 Å². The summed E-state index contributed by atoms with van der Waals surface area (Å²) in [7, 11) is 1.65. The van der Waals surface area contributed by atoms with Crippen molar-refractivity contribution in [3.63, 3.8) is 0 Å². The number of hydrogen-bond donors (Lipinski definition) is 0. The van der Waals surface area contributed by atoms with Crippen LogP contribution in [0.1, 0.15) is 43.0 Å². The number of halogens is 1. The molecule has 2 aliphatic rings. The van der Waals surface area contributed by atoms with Gasteiger partial charge in [-0.05, 0) is 30.5 Å². The lowest BCUT2D eigenvalue weighted by Crippen LogP contribution is -2.10. The Morgan fingerprint density at radius 3 is 2.93 bits per heavy atom. The molecule has 0 aliphatic carbocycles. The van der Waals surface area contributed by atoms with Gasteiger partial charge in [0, 0.05) is 18.6 Å². The molecular formula is C21H23ClN6O2. The fourth-order valence-electron chi connectivity index (χ4n) is 4.12. The van der Waals surface area contributed by atoms with Crippen molar-refractivity contribution in [3.05, 3.63) is 52.3 Å². The van der Waals surface area contributed by atoms with Crippen molar-refractivity contribution in [3.8, 4) is 11.4 Å². The molecule has 0 unspecified atom stereocenters. The van der Waals surface area contributed by atoms with Gasteiger partial charge in [-0.15, -0.1) is 5.10 Å². The van der Waals surface area contributed by atoms with E-state index in [1.54, 1.807) is 7.11 Å². The topological polar surface area (TPSA) is 79.3 Å². The first kappa shape index (κ1) is 19.3. The Bertz CT molecular complexity index is 1130. The number of nitrogens with zero attached hydrogens (tertiary/aromatic N) is 6. The van der Waals surface area contributed by atoms with E-state index in [0.717, 1.165) is 40.6 Å². The number of ether oxygens (including phenoxy) is 2. The van der Waals surface area contributed by atoms with Gasteiger partial charge in [0.05, 0.1) is 35.4 Å². The highest BCUT2D eigenvalue weighted by molar-refractivity contribution is 6.30. The van der Waals surface area contributed by atoms with Crippen LogP contribution in [-0.4, -0.2) is 50.2 Å². The molecule has 3 aromatic rings. The van der Waals surface area contributed by atoms with E-state index in [9.17, 15) is 0 Å². The van der Waals surface area contributed by atoms with Crippen molar-refractivity contribution < 1.29 is 9.47 Å². The molecule has 9 heteroatoms. The van der Waals surface area contributed by atoms with Gasteiger partial charge in [0.2, 0.25) is 5.90 Å². The second-order valence-corrected chi connectivity index (χ2v) is 8.51. The predicted octanol–water partition coefficient (Wildman–Crippen LogP) is 3.35. The third kappa shape index (κ3) is 3.20. The second kappa shape index (κ2) is 7.52. The lowest BCUT2D eigenvalue weighted by molar-refractivity contribution is 0.180. The van der Waals surface area contributed by atoms with Crippen molar-refractivity contribution in [2.24, 2.45) is 10.9 Å². The van der Waals surface area contributed by atoms with Crippen LogP contribution in [0.25, 0.3) is 11.4 Å². The van der Waals surface area contributed by atoms with Gasteiger partial charge in [0.25, 0.3) is 0 Å². The van der Waals surface area contributed by atoms with E-state index < -0.39 is 0 Å². The summed E-state index contributed by atoms with van der Waals surface area (Å²) in [5, 5.41) is 9.36. The molecule has 1 aromatic carbocycles. The molecule has 0 spiro atoms. The van der Waals surface area contributed by atoms with Crippen LogP contribution in [0.2, 0.25) is 5.02 Å². The summed E-state index contributed by atoms with van der Waals surface area (Å²) in [5.41, 5.74) is 5.26. The Kier molecular flexibility index (Phi) is 4.83. The highest BCUT2D eigenvalue weighted by Crippen LogP contribution is 2.32. The molecule has 1 atom stereocenters. The zero-order valence-corrected chi connectivity index (χ0v) is 17.9. The lowest BCUT2D eigenvalue weighted by atomic mass is 10.1. The van der Waals surface area contributed by atoms with Crippen molar-refractivity contribution in [1.82, 2.24) is 24.5 Å². The van der Waals surface area contributed by atoms with Crippen LogP contribution in [0.5, 0.6) is 0 Å². The minimum atomic E-state index is 0.172. The third-order valence-corrected chi connectivity index (χ3v) is 5.64. The molecule has 0 saturated heterocycles. The molecule has 0 amide bonds. The average Bonchev–Trinajstić information content (AvgIpc) is 3.40. The standard InChI is InChI=1S/C21H23ClN6O2/c1-12(2)6-14-9-30-21(24-14)20-19-8-17-15(10-29-3)25-26-28(17)18-7-13(22)4-5-16(18)27(19)11-23-20/h4-5,7,11-12,14H,6,8-10H2,1-3H3/t14-/m1/s1. The maximum Gasteiger partial charge on any atom is 0.237 e. The van der Waals surface area contributed by atoms with Crippen molar-refractivity contribution in [2.45, 2.75) is 39.3 Å². The number of methoxy groups -OCH3 is 1. The van der Waals surface area contributed by atoms with Gasteiger partial charge in [0.15, 0.2) is 0 Å². The fraction of sp³-hybridized carbons (Fsp3) is 0.429. The van der Waals surface area contributed by atoms with Crippen molar-refractivity contribution >= 4 is 17.5 Å². The molecule has 30 heavy (non-hydrogen) atoms. The Balaban J connectivity index is 1.65. The maximum absolute atomic E-state index is 6.31. The number of hydrogen-bond acceptors (Lipinski definition) is 6. The summed E-state index contributed by atoms with van der Waals surface area (Å²) < 4.78 is 15.2. The minimum Gasteiger partial charge on any atom is -0.474 e. The molecule has 8 nitrogen and oxygen atoms in total. The van der Waals surface area contributed by atoms with Gasteiger partial charge in [-0.25, -0.2) is 14.7 Å². The Morgan fingerprint density at radius 2 is 2.13 bits per heavy atom. The van der Waals surface area contributed by atoms with Crippen LogP contribution in [0.3, 0.4) is 0 Å². The molecule has 0 radical (unpaired) electrons. The van der Waals surface area contributed by atoms with E-state index in [0.29, 0.717) is 36.5 Å². The van der Waals surface area contributed by atoms with E-state index in [4.69, 9.17) is 26.1 Å². The van der Waals surface area contributed by atoms with E-state index in [-0.39, 0.29) is 6.04 Å². The first-order valence-corrected chi connectivity index (χ1v) is 10.4.